The molecule has 2 aliphatic heterocycles. The number of amides is 2. The van der Waals surface area contributed by atoms with Gasteiger partial charge >= 0.3 is 0 Å². The van der Waals surface area contributed by atoms with E-state index >= 15 is 0 Å². The van der Waals surface area contributed by atoms with E-state index in [0.717, 1.165) is 18.4 Å². The highest BCUT2D eigenvalue weighted by Gasteiger charge is 2.26. The summed E-state index contributed by atoms with van der Waals surface area (Å²) in [6.07, 6.45) is 1.99. The van der Waals surface area contributed by atoms with E-state index in [1.807, 2.05) is 29.2 Å². The van der Waals surface area contributed by atoms with E-state index in [0.29, 0.717) is 51.6 Å². The van der Waals surface area contributed by atoms with Crippen LogP contribution in [0.25, 0.3) is 0 Å². The number of anilines is 1. The van der Waals surface area contributed by atoms with E-state index in [1.54, 1.807) is 0 Å². The molecule has 1 atom stereocenters. The lowest BCUT2D eigenvalue weighted by Crippen LogP contribution is -2.44. The number of rotatable bonds is 5. The van der Waals surface area contributed by atoms with Crippen molar-refractivity contribution >= 4 is 17.5 Å². The molecular formula is C19H27N3O4. The molecule has 1 aromatic carbocycles. The number of hydrogen-bond acceptors (Lipinski definition) is 5. The molecule has 26 heavy (non-hydrogen) atoms. The Morgan fingerprint density at radius 3 is 2.35 bits per heavy atom. The van der Waals surface area contributed by atoms with Crippen molar-refractivity contribution in [1.29, 1.82) is 0 Å². The number of ether oxygens (including phenoxy) is 2. The molecule has 142 valence electrons. The average molecular weight is 361 g/mol. The van der Waals surface area contributed by atoms with Crippen LogP contribution in [0.15, 0.2) is 24.3 Å². The number of nitrogens with two attached hydrogens (primary N) is 1. The minimum atomic E-state index is -0.526. The number of hydrogen-bond donors (Lipinski definition) is 2. The van der Waals surface area contributed by atoms with Crippen molar-refractivity contribution in [3.63, 3.8) is 0 Å². The van der Waals surface area contributed by atoms with Gasteiger partial charge < -0.3 is 25.4 Å². The summed E-state index contributed by atoms with van der Waals surface area (Å²) in [4.78, 5) is 26.4. The highest BCUT2D eigenvalue weighted by molar-refractivity contribution is 5.95. The van der Waals surface area contributed by atoms with Crippen LogP contribution in [0.4, 0.5) is 5.69 Å². The van der Waals surface area contributed by atoms with Crippen molar-refractivity contribution in [2.75, 3.05) is 44.8 Å². The lowest BCUT2D eigenvalue weighted by molar-refractivity contribution is -0.134. The van der Waals surface area contributed by atoms with Gasteiger partial charge in [-0.1, -0.05) is 12.1 Å². The fourth-order valence-electron chi connectivity index (χ4n) is 3.32. The second kappa shape index (κ2) is 9.12. The molecule has 0 bridgehead atoms. The molecule has 3 N–H and O–H groups in total. The minimum Gasteiger partial charge on any atom is -0.381 e. The molecule has 7 nitrogen and oxygen atoms in total. The van der Waals surface area contributed by atoms with Gasteiger partial charge in [-0.15, -0.1) is 0 Å². The fourth-order valence-corrected chi connectivity index (χ4v) is 3.32. The second-order valence-corrected chi connectivity index (χ2v) is 6.83. The van der Waals surface area contributed by atoms with Gasteiger partial charge in [0.05, 0.1) is 25.7 Å². The molecule has 2 amide bonds. The topological polar surface area (TPSA) is 93.9 Å². The van der Waals surface area contributed by atoms with Crippen LogP contribution in [0, 0.1) is 5.92 Å². The number of carbonyl (C=O) groups is 2. The molecule has 2 saturated heterocycles. The Kier molecular flexibility index (Phi) is 6.60. The largest absolute Gasteiger partial charge is 0.381 e. The zero-order valence-corrected chi connectivity index (χ0v) is 15.0. The summed E-state index contributed by atoms with van der Waals surface area (Å²) in [6.45, 7) is 3.83. The van der Waals surface area contributed by atoms with Crippen LogP contribution in [0.3, 0.4) is 0 Å². The summed E-state index contributed by atoms with van der Waals surface area (Å²) in [7, 11) is 0. The second-order valence-electron chi connectivity index (χ2n) is 6.83. The van der Waals surface area contributed by atoms with Crippen LogP contribution in [0.2, 0.25) is 0 Å². The number of benzene rings is 1. The van der Waals surface area contributed by atoms with E-state index in [4.69, 9.17) is 15.2 Å². The molecule has 1 aromatic rings. The summed E-state index contributed by atoms with van der Waals surface area (Å²) in [5.41, 5.74) is 7.71. The predicted molar refractivity (Wildman–Crippen MR) is 97.7 cm³/mol. The first-order valence-electron chi connectivity index (χ1n) is 9.22. The number of carbonyl (C=O) groups excluding carboxylic acids is 2. The van der Waals surface area contributed by atoms with Crippen LogP contribution in [-0.2, 0) is 25.5 Å². The molecule has 0 spiro atoms. The van der Waals surface area contributed by atoms with Gasteiger partial charge in [0.2, 0.25) is 11.8 Å². The monoisotopic (exact) mass is 361 g/mol. The lowest BCUT2D eigenvalue weighted by Gasteiger charge is -2.27. The Morgan fingerprint density at radius 2 is 1.69 bits per heavy atom. The number of morpholine rings is 1. The van der Waals surface area contributed by atoms with E-state index in [-0.39, 0.29) is 17.7 Å². The molecule has 0 saturated carbocycles. The smallest absolute Gasteiger partial charge is 0.241 e. The van der Waals surface area contributed by atoms with Crippen LogP contribution >= 0.6 is 0 Å². The number of nitrogens with zero attached hydrogens (tertiary/aromatic N) is 1. The Balaban J connectivity index is 1.50. The molecule has 1 unspecified atom stereocenters. The molecule has 3 rings (SSSR count). The summed E-state index contributed by atoms with van der Waals surface area (Å²) >= 11 is 0. The Bertz CT molecular complexity index is 608. The van der Waals surface area contributed by atoms with Crippen LogP contribution in [-0.4, -0.2) is 62.3 Å². The van der Waals surface area contributed by atoms with E-state index in [1.165, 1.54) is 0 Å². The maximum absolute atomic E-state index is 12.3. The quantitative estimate of drug-likeness (QED) is 0.808. The maximum Gasteiger partial charge on any atom is 0.241 e. The first kappa shape index (κ1) is 18.8. The van der Waals surface area contributed by atoms with Crippen molar-refractivity contribution in [3.05, 3.63) is 29.8 Å². The SMILES string of the molecule is NC(C(=O)Nc1ccc(CC(=O)N2CCOCC2)cc1)C1CCOCC1. The van der Waals surface area contributed by atoms with E-state index < -0.39 is 6.04 Å². The Labute approximate surface area is 153 Å². The van der Waals surface area contributed by atoms with Crippen LogP contribution in [0.1, 0.15) is 18.4 Å². The van der Waals surface area contributed by atoms with Crippen molar-refractivity contribution in [2.24, 2.45) is 11.7 Å². The van der Waals surface area contributed by atoms with Gasteiger partial charge in [0.25, 0.3) is 0 Å². The third-order valence-corrected chi connectivity index (χ3v) is 5.02. The van der Waals surface area contributed by atoms with E-state index in [2.05, 4.69) is 5.32 Å². The Morgan fingerprint density at radius 1 is 1.08 bits per heavy atom. The van der Waals surface area contributed by atoms with E-state index in [9.17, 15) is 9.59 Å². The van der Waals surface area contributed by atoms with Gasteiger partial charge in [0, 0.05) is 32.0 Å². The molecule has 0 aromatic heterocycles. The number of nitrogens with one attached hydrogen (secondary N) is 1. The predicted octanol–water partition coefficient (Wildman–Crippen LogP) is 0.780. The van der Waals surface area contributed by atoms with Crippen molar-refractivity contribution in [1.82, 2.24) is 4.90 Å². The molecule has 7 heteroatoms. The fraction of sp³-hybridized carbons (Fsp3) is 0.579. The summed E-state index contributed by atoms with van der Waals surface area (Å²) < 4.78 is 10.6. The normalized spacial score (nSPS) is 19.8. The van der Waals surface area contributed by atoms with Crippen molar-refractivity contribution < 1.29 is 19.1 Å². The summed E-state index contributed by atoms with van der Waals surface area (Å²) in [6, 6.07) is 6.84. The zero-order valence-electron chi connectivity index (χ0n) is 15.0. The first-order valence-corrected chi connectivity index (χ1v) is 9.22. The third-order valence-electron chi connectivity index (χ3n) is 5.02. The summed E-state index contributed by atoms with van der Waals surface area (Å²) in [5.74, 6) is 0.0924. The highest BCUT2D eigenvalue weighted by Crippen LogP contribution is 2.19. The van der Waals surface area contributed by atoms with Gasteiger partial charge in [-0.25, -0.2) is 0 Å². The zero-order chi connectivity index (χ0) is 18.4. The maximum atomic E-state index is 12.3. The van der Waals surface area contributed by atoms with Crippen molar-refractivity contribution in [3.8, 4) is 0 Å². The molecule has 0 radical (unpaired) electrons. The van der Waals surface area contributed by atoms with Gasteiger partial charge in [0.15, 0.2) is 0 Å². The van der Waals surface area contributed by atoms with Gasteiger partial charge in [-0.05, 0) is 36.5 Å². The van der Waals surface area contributed by atoms with Gasteiger partial charge in [0.1, 0.15) is 0 Å². The molecule has 2 heterocycles. The van der Waals surface area contributed by atoms with Gasteiger partial charge in [-0.3, -0.25) is 9.59 Å². The molecule has 0 aliphatic carbocycles. The van der Waals surface area contributed by atoms with Crippen LogP contribution < -0.4 is 11.1 Å². The summed E-state index contributed by atoms with van der Waals surface area (Å²) in [5, 5.41) is 2.87. The molecular weight excluding hydrogens is 334 g/mol. The van der Waals surface area contributed by atoms with Crippen LogP contribution in [0.5, 0.6) is 0 Å². The standard InChI is InChI=1S/C19H27N3O4/c20-18(15-5-9-25-10-6-15)19(24)21-16-3-1-14(2-4-16)13-17(23)22-7-11-26-12-8-22/h1-4,15,18H,5-13,20H2,(H,21,24). The lowest BCUT2D eigenvalue weighted by atomic mass is 9.92. The Hall–Kier alpha value is -1.96. The average Bonchev–Trinajstić information content (AvgIpc) is 2.70. The molecule has 2 fully saturated rings. The minimum absolute atomic E-state index is 0.103. The van der Waals surface area contributed by atoms with Gasteiger partial charge in [-0.2, -0.15) is 0 Å². The third kappa shape index (κ3) is 5.03. The van der Waals surface area contributed by atoms with Crippen molar-refractivity contribution in [2.45, 2.75) is 25.3 Å². The highest BCUT2D eigenvalue weighted by atomic mass is 16.5. The molecule has 2 aliphatic rings. The first-order chi connectivity index (χ1) is 12.6.